The molecule has 0 radical (unpaired) electrons. The van der Waals surface area contributed by atoms with Crippen molar-refractivity contribution in [1.82, 2.24) is 9.55 Å². The van der Waals surface area contributed by atoms with E-state index in [4.69, 9.17) is 15.5 Å². The lowest BCUT2D eigenvalue weighted by atomic mass is 10.1. The van der Waals surface area contributed by atoms with Crippen molar-refractivity contribution in [3.8, 4) is 0 Å². The van der Waals surface area contributed by atoms with Gasteiger partial charge < -0.3 is 20.4 Å². The predicted octanol–water partition coefficient (Wildman–Crippen LogP) is 4.99. The maximum absolute atomic E-state index is 13.3. The normalized spacial score (nSPS) is 10.4. The third-order valence-corrected chi connectivity index (χ3v) is 5.25. The van der Waals surface area contributed by atoms with E-state index in [2.05, 4.69) is 5.32 Å². The highest BCUT2D eigenvalue weighted by atomic mass is 35.5. The van der Waals surface area contributed by atoms with E-state index in [1.165, 1.54) is 0 Å². The van der Waals surface area contributed by atoms with Crippen LogP contribution >= 0.6 is 12.4 Å². The number of nitrogen functional groups attached to an aromatic ring is 1. The van der Waals surface area contributed by atoms with Crippen molar-refractivity contribution in [2.24, 2.45) is 7.05 Å². The number of nitrogens with two attached hydrogens (primary N) is 1. The summed E-state index contributed by atoms with van der Waals surface area (Å²) in [5.74, 6) is 0.325. The number of imide groups is 1. The Kier molecular flexibility index (Phi) is 7.75. The Morgan fingerprint density at radius 1 is 1.06 bits per heavy atom. The lowest BCUT2D eigenvalue weighted by molar-refractivity contribution is 0.0968. The molecule has 2 amide bonds. The van der Waals surface area contributed by atoms with Gasteiger partial charge in [0, 0.05) is 24.0 Å². The van der Waals surface area contributed by atoms with E-state index in [1.54, 1.807) is 43.3 Å². The van der Waals surface area contributed by atoms with Gasteiger partial charge in [0.05, 0.1) is 29.9 Å². The number of carbonyl (C=O) groups excluding carboxylic acids is 2. The maximum atomic E-state index is 13.3. The molecule has 0 unspecified atom stereocenters. The minimum Gasteiger partial charge on any atom is -0.449 e. The zero-order valence-electron chi connectivity index (χ0n) is 18.9. The standard InChI is InChI=1S/C25H25N5O3.ClH/c1-3-33-25(32)30(20-7-5-4-6-8-20)24(31)17-9-14-22-21(15-17)28-23(29(22)2)16-27-19-12-10-18(26)11-13-19;/h4-15,27H,3,16,26H2,1-2H3;1H. The Hall–Kier alpha value is -4.04. The monoisotopic (exact) mass is 479 g/mol. The number of aromatic nitrogens is 2. The summed E-state index contributed by atoms with van der Waals surface area (Å²) in [6, 6.07) is 21.4. The van der Waals surface area contributed by atoms with Crippen LogP contribution in [0.1, 0.15) is 23.1 Å². The number of benzene rings is 3. The Bertz CT molecular complexity index is 1290. The topological polar surface area (TPSA) is 102 Å². The summed E-state index contributed by atoms with van der Waals surface area (Å²) < 4.78 is 7.09. The summed E-state index contributed by atoms with van der Waals surface area (Å²) in [5, 5.41) is 3.32. The molecular weight excluding hydrogens is 454 g/mol. The zero-order chi connectivity index (χ0) is 23.4. The molecule has 176 valence electrons. The zero-order valence-corrected chi connectivity index (χ0v) is 19.7. The van der Waals surface area contributed by atoms with E-state index >= 15 is 0 Å². The quantitative estimate of drug-likeness (QED) is 0.377. The number of hydrogen-bond donors (Lipinski definition) is 2. The number of nitrogens with one attached hydrogen (secondary N) is 1. The minimum atomic E-state index is -0.719. The molecule has 0 bridgehead atoms. The lowest BCUT2D eigenvalue weighted by Crippen LogP contribution is -2.37. The third-order valence-electron chi connectivity index (χ3n) is 5.25. The van der Waals surface area contributed by atoms with Gasteiger partial charge in [-0.25, -0.2) is 14.7 Å². The number of carbonyl (C=O) groups is 2. The van der Waals surface area contributed by atoms with Crippen molar-refractivity contribution in [2.75, 3.05) is 22.6 Å². The van der Waals surface area contributed by atoms with Crippen LogP contribution in [0.25, 0.3) is 11.0 Å². The van der Waals surface area contributed by atoms with Gasteiger partial charge in [-0.05, 0) is 61.5 Å². The van der Waals surface area contributed by atoms with E-state index in [-0.39, 0.29) is 19.0 Å². The van der Waals surface area contributed by atoms with Gasteiger partial charge in [-0.2, -0.15) is 0 Å². The number of fused-ring (bicyclic) bond motifs is 1. The first-order valence-electron chi connectivity index (χ1n) is 10.6. The molecule has 4 rings (SSSR count). The first-order chi connectivity index (χ1) is 16.0. The number of ether oxygens (including phenoxy) is 1. The second kappa shape index (κ2) is 10.7. The average Bonchev–Trinajstić information content (AvgIpc) is 3.14. The number of amides is 2. The van der Waals surface area contributed by atoms with Crippen LogP contribution in [-0.2, 0) is 18.3 Å². The second-order valence-electron chi connectivity index (χ2n) is 7.44. The number of anilines is 3. The summed E-state index contributed by atoms with van der Waals surface area (Å²) in [7, 11) is 1.92. The number of aryl methyl sites for hydroxylation is 1. The molecule has 0 fully saturated rings. The van der Waals surface area contributed by atoms with Crippen LogP contribution in [-0.4, -0.2) is 28.2 Å². The van der Waals surface area contributed by atoms with Crippen LogP contribution in [0.3, 0.4) is 0 Å². The molecule has 4 aromatic rings. The van der Waals surface area contributed by atoms with Crippen LogP contribution in [0.5, 0.6) is 0 Å². The van der Waals surface area contributed by atoms with E-state index in [9.17, 15) is 9.59 Å². The fraction of sp³-hybridized carbons (Fsp3) is 0.160. The molecule has 0 saturated heterocycles. The fourth-order valence-corrected chi connectivity index (χ4v) is 3.52. The first kappa shape index (κ1) is 24.6. The van der Waals surface area contributed by atoms with Gasteiger partial charge in [-0.15, -0.1) is 12.4 Å². The second-order valence-corrected chi connectivity index (χ2v) is 7.44. The summed E-state index contributed by atoms with van der Waals surface area (Å²) in [5.41, 5.74) is 9.69. The molecule has 1 aromatic heterocycles. The average molecular weight is 480 g/mol. The SMILES string of the molecule is CCOC(=O)N(C(=O)c1ccc2c(c1)nc(CNc1ccc(N)cc1)n2C)c1ccccc1.Cl. The van der Waals surface area contributed by atoms with Crippen LogP contribution in [0, 0.1) is 0 Å². The molecule has 0 aliphatic heterocycles. The van der Waals surface area contributed by atoms with E-state index in [1.807, 2.05) is 48.0 Å². The van der Waals surface area contributed by atoms with Crippen LogP contribution in [0.15, 0.2) is 72.8 Å². The van der Waals surface area contributed by atoms with Gasteiger partial charge >= 0.3 is 6.09 Å². The highest BCUT2D eigenvalue weighted by Crippen LogP contribution is 2.22. The summed E-state index contributed by atoms with van der Waals surface area (Å²) in [6.07, 6.45) is -0.719. The van der Waals surface area contributed by atoms with Crippen molar-refractivity contribution in [3.63, 3.8) is 0 Å². The number of hydrogen-bond acceptors (Lipinski definition) is 6. The Balaban J connectivity index is 0.00000324. The molecule has 3 N–H and O–H groups in total. The van der Waals surface area contributed by atoms with Gasteiger partial charge in [0.25, 0.3) is 5.91 Å². The Morgan fingerprint density at radius 3 is 2.44 bits per heavy atom. The number of halogens is 1. The van der Waals surface area contributed by atoms with Crippen LogP contribution in [0.4, 0.5) is 21.9 Å². The molecule has 0 saturated carbocycles. The molecule has 0 aliphatic rings. The Morgan fingerprint density at radius 2 is 1.76 bits per heavy atom. The van der Waals surface area contributed by atoms with Crippen LogP contribution < -0.4 is 16.0 Å². The van der Waals surface area contributed by atoms with Crippen molar-refractivity contribution in [1.29, 1.82) is 0 Å². The van der Waals surface area contributed by atoms with Crippen molar-refractivity contribution in [2.45, 2.75) is 13.5 Å². The van der Waals surface area contributed by atoms with E-state index in [0.717, 1.165) is 21.9 Å². The summed E-state index contributed by atoms with van der Waals surface area (Å²) >= 11 is 0. The fourth-order valence-electron chi connectivity index (χ4n) is 3.52. The van der Waals surface area contributed by atoms with E-state index < -0.39 is 12.0 Å². The minimum absolute atomic E-state index is 0. The molecule has 1 heterocycles. The van der Waals surface area contributed by atoms with Gasteiger partial charge in [-0.3, -0.25) is 4.79 Å². The molecule has 34 heavy (non-hydrogen) atoms. The molecular formula is C25H26ClN5O3. The highest BCUT2D eigenvalue weighted by Gasteiger charge is 2.26. The highest BCUT2D eigenvalue weighted by molar-refractivity contribution is 6.19. The van der Waals surface area contributed by atoms with Gasteiger partial charge in [0.1, 0.15) is 5.82 Å². The molecule has 8 nitrogen and oxygen atoms in total. The van der Waals surface area contributed by atoms with Crippen molar-refractivity contribution < 1.29 is 14.3 Å². The number of rotatable bonds is 6. The maximum Gasteiger partial charge on any atom is 0.421 e. The van der Waals surface area contributed by atoms with Gasteiger partial charge in [0.15, 0.2) is 0 Å². The lowest BCUT2D eigenvalue weighted by Gasteiger charge is -2.20. The Labute approximate surface area is 203 Å². The summed E-state index contributed by atoms with van der Waals surface area (Å²) in [4.78, 5) is 31.6. The smallest absolute Gasteiger partial charge is 0.421 e. The largest absolute Gasteiger partial charge is 0.449 e. The van der Waals surface area contributed by atoms with Crippen LogP contribution in [0.2, 0.25) is 0 Å². The number of nitrogens with zero attached hydrogens (tertiary/aromatic N) is 3. The molecule has 3 aromatic carbocycles. The summed E-state index contributed by atoms with van der Waals surface area (Å²) in [6.45, 7) is 2.36. The number of para-hydroxylation sites is 1. The third kappa shape index (κ3) is 5.13. The van der Waals surface area contributed by atoms with E-state index in [0.29, 0.717) is 29.0 Å². The van der Waals surface area contributed by atoms with Gasteiger partial charge in [0.2, 0.25) is 0 Å². The molecule has 9 heteroatoms. The van der Waals surface area contributed by atoms with Gasteiger partial charge in [-0.1, -0.05) is 18.2 Å². The van der Waals surface area contributed by atoms with Crippen molar-refractivity contribution >= 4 is 52.5 Å². The first-order valence-corrected chi connectivity index (χ1v) is 10.6. The molecule has 0 aliphatic carbocycles. The molecule has 0 spiro atoms. The predicted molar refractivity (Wildman–Crippen MR) is 136 cm³/mol. The molecule has 0 atom stereocenters. The van der Waals surface area contributed by atoms with Crippen molar-refractivity contribution in [3.05, 3.63) is 84.2 Å². The number of imidazole rings is 1.